The molecule has 280 valence electrons. The minimum Gasteiger partial charge on any atom is -0.465 e. The third-order valence-electron chi connectivity index (χ3n) is 15.9. The third kappa shape index (κ3) is 11.0. The summed E-state index contributed by atoms with van der Waals surface area (Å²) in [6.07, 6.45) is 38.7. The van der Waals surface area contributed by atoms with Crippen LogP contribution < -0.4 is 0 Å². The van der Waals surface area contributed by atoms with Gasteiger partial charge in [-0.2, -0.15) is 0 Å². The zero-order valence-corrected chi connectivity index (χ0v) is 33.4. The zero-order chi connectivity index (χ0) is 34.4. The van der Waals surface area contributed by atoms with E-state index in [0.29, 0.717) is 35.7 Å². The fourth-order valence-corrected chi connectivity index (χ4v) is 12.4. The lowest BCUT2D eigenvalue weighted by Gasteiger charge is -2.61. The fraction of sp³-hybridized carbons (Fsp3) is 0.978. The number of esters is 1. The highest BCUT2D eigenvalue weighted by atomic mass is 16.5. The molecule has 0 heterocycles. The maximum atomic E-state index is 12.5. The number of hydrogen-bond donors (Lipinski definition) is 0. The van der Waals surface area contributed by atoms with Crippen LogP contribution in [0.1, 0.15) is 221 Å². The van der Waals surface area contributed by atoms with Gasteiger partial charge in [0.2, 0.25) is 0 Å². The monoisotopic (exact) mass is 669 g/mol. The Balaban J connectivity index is 1.03. The number of hydrogen-bond acceptors (Lipinski definition) is 2. The van der Waals surface area contributed by atoms with Crippen LogP contribution in [0.15, 0.2) is 0 Å². The van der Waals surface area contributed by atoms with Crippen LogP contribution in [0.25, 0.3) is 0 Å². The molecule has 0 aromatic carbocycles. The first-order valence-corrected chi connectivity index (χ1v) is 22.4. The van der Waals surface area contributed by atoms with Crippen LogP contribution in [0.2, 0.25) is 0 Å². The first-order valence-electron chi connectivity index (χ1n) is 22.4. The van der Waals surface area contributed by atoms with Crippen molar-refractivity contribution >= 4 is 5.97 Å². The summed E-state index contributed by atoms with van der Waals surface area (Å²) in [5.74, 6) is 6.90. The summed E-state index contributed by atoms with van der Waals surface area (Å²) < 4.78 is 5.79. The minimum atomic E-state index is 0.0359. The molecule has 10 atom stereocenters. The van der Waals surface area contributed by atoms with Crippen molar-refractivity contribution in [1.82, 2.24) is 0 Å². The smallest absolute Gasteiger partial charge is 0.305 e. The number of ether oxygens (including phenoxy) is 1. The number of fused-ring (bicyclic) bond motifs is 5. The van der Waals surface area contributed by atoms with E-state index in [1.807, 2.05) is 0 Å². The third-order valence-corrected chi connectivity index (χ3v) is 15.9. The van der Waals surface area contributed by atoms with Gasteiger partial charge < -0.3 is 4.74 Å². The van der Waals surface area contributed by atoms with E-state index in [9.17, 15) is 4.79 Å². The van der Waals surface area contributed by atoms with Gasteiger partial charge in [-0.1, -0.05) is 157 Å². The molecule has 2 heteroatoms. The molecule has 4 aliphatic rings. The van der Waals surface area contributed by atoms with Gasteiger partial charge in [-0.3, -0.25) is 4.79 Å². The van der Waals surface area contributed by atoms with E-state index < -0.39 is 0 Å². The van der Waals surface area contributed by atoms with Crippen molar-refractivity contribution in [2.75, 3.05) is 6.61 Å². The molecule has 0 spiro atoms. The lowest BCUT2D eigenvalue weighted by molar-refractivity contribution is -0.145. The van der Waals surface area contributed by atoms with E-state index in [1.165, 1.54) is 161 Å². The second-order valence-electron chi connectivity index (χ2n) is 19.0. The molecular formula is C46H84O2. The Labute approximate surface area is 300 Å². The van der Waals surface area contributed by atoms with Crippen molar-refractivity contribution in [2.24, 2.45) is 58.2 Å². The van der Waals surface area contributed by atoms with Gasteiger partial charge in [-0.25, -0.2) is 0 Å². The summed E-state index contributed by atoms with van der Waals surface area (Å²) in [6.45, 7) is 15.7. The summed E-state index contributed by atoms with van der Waals surface area (Å²) in [7, 11) is 0. The maximum absolute atomic E-state index is 12.5. The van der Waals surface area contributed by atoms with Gasteiger partial charge in [0.25, 0.3) is 0 Å². The summed E-state index contributed by atoms with van der Waals surface area (Å²) in [5.41, 5.74) is 1.24. The fourth-order valence-electron chi connectivity index (χ4n) is 12.4. The molecular weight excluding hydrogens is 585 g/mol. The molecule has 0 bridgehead atoms. The molecule has 0 aromatic heterocycles. The minimum absolute atomic E-state index is 0.0359. The highest BCUT2D eigenvalue weighted by Gasteiger charge is 2.60. The first kappa shape index (κ1) is 40.2. The van der Waals surface area contributed by atoms with E-state index in [1.54, 1.807) is 6.42 Å². The molecule has 0 aromatic rings. The van der Waals surface area contributed by atoms with E-state index in [2.05, 4.69) is 41.5 Å². The Bertz CT molecular complexity index is 896. The van der Waals surface area contributed by atoms with Crippen LogP contribution in [0, 0.1) is 58.2 Å². The predicted octanol–water partition coefficient (Wildman–Crippen LogP) is 14.5. The number of rotatable bonds is 23. The van der Waals surface area contributed by atoms with Crippen molar-refractivity contribution in [1.29, 1.82) is 0 Å². The van der Waals surface area contributed by atoms with Gasteiger partial charge in [-0.05, 0) is 116 Å². The molecule has 4 rings (SSSR count). The second-order valence-corrected chi connectivity index (χ2v) is 19.0. The average molecular weight is 669 g/mol. The van der Waals surface area contributed by atoms with Crippen molar-refractivity contribution in [2.45, 2.75) is 221 Å². The van der Waals surface area contributed by atoms with Gasteiger partial charge >= 0.3 is 5.97 Å². The molecule has 4 fully saturated rings. The Morgan fingerprint density at radius 3 is 1.88 bits per heavy atom. The lowest BCUT2D eigenvalue weighted by Crippen LogP contribution is -2.53. The van der Waals surface area contributed by atoms with Crippen LogP contribution in [-0.2, 0) is 9.53 Å². The number of carbonyl (C=O) groups is 1. The molecule has 0 radical (unpaired) electrons. The topological polar surface area (TPSA) is 26.3 Å². The standard InChI is InChI=1S/C46H84O2/c1-7-8-9-10-11-12-13-14-15-16-17-18-19-20-21-25-44(47)48-35-38(4)36(2)26-27-37(3)41-30-31-42-40-29-28-39-24-22-23-33-45(39,5)43(40)32-34-46(41,42)6/h36-43H,7-35H2,1-6H3/t36?,37?,38?,39?,40-,41+,42-,43-,45-,46+/m0/s1. The van der Waals surface area contributed by atoms with Crippen molar-refractivity contribution in [3.63, 3.8) is 0 Å². The van der Waals surface area contributed by atoms with E-state index in [0.717, 1.165) is 41.9 Å². The molecule has 2 nitrogen and oxygen atoms in total. The first-order chi connectivity index (χ1) is 23.2. The number of unbranched alkanes of at least 4 members (excludes halogenated alkanes) is 14. The molecule has 48 heavy (non-hydrogen) atoms. The Morgan fingerprint density at radius 2 is 1.23 bits per heavy atom. The molecule has 0 saturated heterocycles. The largest absolute Gasteiger partial charge is 0.465 e. The van der Waals surface area contributed by atoms with Crippen molar-refractivity contribution in [3.8, 4) is 0 Å². The molecule has 0 amide bonds. The van der Waals surface area contributed by atoms with Crippen LogP contribution in [-0.4, -0.2) is 12.6 Å². The maximum Gasteiger partial charge on any atom is 0.305 e. The predicted molar refractivity (Wildman–Crippen MR) is 207 cm³/mol. The van der Waals surface area contributed by atoms with Crippen LogP contribution in [0.4, 0.5) is 0 Å². The Kier molecular flexibility index (Phi) is 17.2. The summed E-state index contributed by atoms with van der Waals surface area (Å²) in [4.78, 5) is 12.5. The lowest BCUT2D eigenvalue weighted by atomic mass is 9.44. The van der Waals surface area contributed by atoms with E-state index >= 15 is 0 Å². The summed E-state index contributed by atoms with van der Waals surface area (Å²) >= 11 is 0. The van der Waals surface area contributed by atoms with Gasteiger partial charge in [-0.15, -0.1) is 0 Å². The zero-order valence-electron chi connectivity index (χ0n) is 33.4. The quantitative estimate of drug-likeness (QED) is 0.0800. The van der Waals surface area contributed by atoms with Gasteiger partial charge in [0.1, 0.15) is 0 Å². The van der Waals surface area contributed by atoms with Crippen LogP contribution >= 0.6 is 0 Å². The normalized spacial score (nSPS) is 33.3. The average Bonchev–Trinajstić information content (AvgIpc) is 3.44. The highest BCUT2D eigenvalue weighted by molar-refractivity contribution is 5.69. The molecule has 4 aliphatic carbocycles. The highest BCUT2D eigenvalue weighted by Crippen LogP contribution is 2.68. The SMILES string of the molecule is CCCCCCCCCCCCCCCCCC(=O)OCC(C)C(C)CCC(C)[C@H]1CC[C@H]2[C@@H]3CCC4CCCC[C@]4(C)[C@H]3CC[C@]12C. The Morgan fingerprint density at radius 1 is 0.625 bits per heavy atom. The van der Waals surface area contributed by atoms with Crippen molar-refractivity contribution < 1.29 is 9.53 Å². The summed E-state index contributed by atoms with van der Waals surface area (Å²) in [6, 6.07) is 0. The molecule has 4 saturated carbocycles. The van der Waals surface area contributed by atoms with E-state index in [4.69, 9.17) is 4.74 Å². The van der Waals surface area contributed by atoms with Crippen LogP contribution in [0.5, 0.6) is 0 Å². The van der Waals surface area contributed by atoms with Gasteiger partial charge in [0, 0.05) is 6.42 Å². The van der Waals surface area contributed by atoms with Gasteiger partial charge in [0.05, 0.1) is 6.61 Å². The van der Waals surface area contributed by atoms with E-state index in [-0.39, 0.29) is 5.97 Å². The molecule has 4 unspecified atom stereocenters. The van der Waals surface area contributed by atoms with Crippen LogP contribution in [0.3, 0.4) is 0 Å². The Hall–Kier alpha value is -0.530. The van der Waals surface area contributed by atoms with Gasteiger partial charge in [0.15, 0.2) is 0 Å². The second kappa shape index (κ2) is 20.5. The molecule has 0 aliphatic heterocycles. The number of carbonyl (C=O) groups excluding carboxylic acids is 1. The summed E-state index contributed by atoms with van der Waals surface area (Å²) in [5, 5.41) is 0. The van der Waals surface area contributed by atoms with Crippen molar-refractivity contribution in [3.05, 3.63) is 0 Å². The molecule has 0 N–H and O–H groups in total.